The van der Waals surface area contributed by atoms with Gasteiger partial charge in [-0.2, -0.15) is 0 Å². The lowest BCUT2D eigenvalue weighted by molar-refractivity contribution is -0.136. The second-order valence-corrected chi connectivity index (χ2v) is 5.63. The van der Waals surface area contributed by atoms with Crippen molar-refractivity contribution in [2.75, 3.05) is 13.1 Å². The van der Waals surface area contributed by atoms with Crippen LogP contribution in [0.5, 0.6) is 0 Å². The van der Waals surface area contributed by atoms with E-state index in [1.807, 2.05) is 4.90 Å². The van der Waals surface area contributed by atoms with Crippen molar-refractivity contribution in [3.8, 4) is 0 Å². The van der Waals surface area contributed by atoms with Gasteiger partial charge in [-0.05, 0) is 25.7 Å². The van der Waals surface area contributed by atoms with Gasteiger partial charge in [0.25, 0.3) is 0 Å². The van der Waals surface area contributed by atoms with Crippen molar-refractivity contribution in [3.05, 3.63) is 18.2 Å². The minimum Gasteiger partial charge on any atom is -0.349 e. The highest BCUT2D eigenvalue weighted by atomic mass is 16.2. The number of likely N-dealkylation sites (tertiary alicyclic amines) is 1. The molecule has 0 unspecified atom stereocenters. The number of piperidine rings is 1. The van der Waals surface area contributed by atoms with Gasteiger partial charge in [-0.1, -0.05) is 0 Å². The third kappa shape index (κ3) is 3.00. The zero-order chi connectivity index (χ0) is 13.9. The van der Waals surface area contributed by atoms with Gasteiger partial charge in [-0.3, -0.25) is 9.59 Å². The van der Waals surface area contributed by atoms with Crippen LogP contribution in [0.1, 0.15) is 31.5 Å². The number of amides is 2. The predicted molar refractivity (Wildman–Crippen MR) is 72.5 cm³/mol. The minimum atomic E-state index is 0.0215. The van der Waals surface area contributed by atoms with Crippen molar-refractivity contribution < 1.29 is 9.59 Å². The lowest BCUT2D eigenvalue weighted by atomic mass is 9.95. The molecule has 0 radical (unpaired) electrons. The molecule has 3 rings (SSSR count). The van der Waals surface area contributed by atoms with Crippen LogP contribution in [0.25, 0.3) is 0 Å². The van der Waals surface area contributed by atoms with Gasteiger partial charge in [0.1, 0.15) is 5.82 Å². The summed E-state index contributed by atoms with van der Waals surface area (Å²) in [5, 5.41) is 2.90. The average Bonchev–Trinajstić information content (AvgIpc) is 3.21. The van der Waals surface area contributed by atoms with Crippen LogP contribution in [-0.4, -0.2) is 39.8 Å². The molecule has 1 aromatic rings. The highest BCUT2D eigenvalue weighted by Crippen LogP contribution is 2.32. The second-order valence-electron chi connectivity index (χ2n) is 5.63. The van der Waals surface area contributed by atoms with Gasteiger partial charge >= 0.3 is 0 Å². The van der Waals surface area contributed by atoms with Crippen molar-refractivity contribution in [1.29, 1.82) is 0 Å². The number of H-pyrrole nitrogens is 1. The van der Waals surface area contributed by atoms with Gasteiger partial charge in [-0.25, -0.2) is 4.98 Å². The molecule has 1 aliphatic heterocycles. The summed E-state index contributed by atoms with van der Waals surface area (Å²) in [6.45, 7) is 1.87. The Hall–Kier alpha value is -1.85. The summed E-state index contributed by atoms with van der Waals surface area (Å²) in [6.07, 6.45) is 7.03. The van der Waals surface area contributed by atoms with Crippen molar-refractivity contribution in [2.24, 2.45) is 11.8 Å². The molecule has 1 aliphatic carbocycles. The number of carbonyl (C=O) groups excluding carboxylic acids is 2. The number of carbonyl (C=O) groups is 2. The molecule has 2 amide bonds. The van der Waals surface area contributed by atoms with E-state index < -0.39 is 0 Å². The van der Waals surface area contributed by atoms with Gasteiger partial charge in [0.15, 0.2) is 0 Å². The average molecular weight is 276 g/mol. The third-order valence-corrected chi connectivity index (χ3v) is 4.09. The highest BCUT2D eigenvalue weighted by Gasteiger charge is 2.35. The Morgan fingerprint density at radius 1 is 1.25 bits per heavy atom. The maximum Gasteiger partial charge on any atom is 0.225 e. The Kier molecular flexibility index (Phi) is 3.71. The summed E-state index contributed by atoms with van der Waals surface area (Å²) < 4.78 is 0. The highest BCUT2D eigenvalue weighted by molar-refractivity contribution is 5.82. The van der Waals surface area contributed by atoms with Gasteiger partial charge < -0.3 is 15.2 Å². The van der Waals surface area contributed by atoms with E-state index in [0.29, 0.717) is 25.5 Å². The van der Waals surface area contributed by atoms with Crippen LogP contribution in [0.3, 0.4) is 0 Å². The van der Waals surface area contributed by atoms with E-state index in [9.17, 15) is 9.59 Å². The summed E-state index contributed by atoms with van der Waals surface area (Å²) in [5.74, 6) is 1.42. The fourth-order valence-electron chi connectivity index (χ4n) is 2.66. The maximum atomic E-state index is 12.1. The molecule has 0 spiro atoms. The largest absolute Gasteiger partial charge is 0.349 e. The SMILES string of the molecule is O=C(NCc1ncc[nH]1)C1CCN(C(=O)C2CC2)CC1. The normalized spacial score (nSPS) is 19.9. The minimum absolute atomic E-state index is 0.0215. The number of hydrogen-bond donors (Lipinski definition) is 2. The van der Waals surface area contributed by atoms with E-state index in [4.69, 9.17) is 0 Å². The Balaban J connectivity index is 1.42. The van der Waals surface area contributed by atoms with Crippen LogP contribution in [0, 0.1) is 11.8 Å². The monoisotopic (exact) mass is 276 g/mol. The Morgan fingerprint density at radius 2 is 2.00 bits per heavy atom. The molecule has 1 saturated carbocycles. The molecule has 2 heterocycles. The summed E-state index contributed by atoms with van der Waals surface area (Å²) in [6, 6.07) is 0. The summed E-state index contributed by atoms with van der Waals surface area (Å²) in [4.78, 5) is 32.9. The first-order chi connectivity index (χ1) is 9.74. The van der Waals surface area contributed by atoms with Crippen LogP contribution in [0.2, 0.25) is 0 Å². The van der Waals surface area contributed by atoms with Crippen molar-refractivity contribution in [3.63, 3.8) is 0 Å². The molecule has 6 nitrogen and oxygen atoms in total. The Labute approximate surface area is 117 Å². The van der Waals surface area contributed by atoms with Crippen molar-refractivity contribution in [1.82, 2.24) is 20.2 Å². The van der Waals surface area contributed by atoms with Crippen molar-refractivity contribution in [2.45, 2.75) is 32.2 Å². The van der Waals surface area contributed by atoms with Crippen LogP contribution < -0.4 is 5.32 Å². The van der Waals surface area contributed by atoms with Crippen LogP contribution in [0.15, 0.2) is 12.4 Å². The number of nitrogens with one attached hydrogen (secondary N) is 2. The molecule has 0 aromatic carbocycles. The summed E-state index contributed by atoms with van der Waals surface area (Å²) in [5.41, 5.74) is 0. The van der Waals surface area contributed by atoms with E-state index >= 15 is 0 Å². The zero-order valence-electron chi connectivity index (χ0n) is 11.5. The number of rotatable bonds is 4. The Morgan fingerprint density at radius 3 is 2.60 bits per heavy atom. The molecule has 2 aliphatic rings. The standard InChI is InChI=1S/C14H20N4O2/c19-13(17-9-12-15-5-6-16-12)10-3-7-18(8-4-10)14(20)11-1-2-11/h5-6,10-11H,1-4,7-9H2,(H,15,16)(H,17,19). The number of imidazole rings is 1. The van der Waals surface area contributed by atoms with Gasteiger partial charge in [-0.15, -0.1) is 0 Å². The van der Waals surface area contributed by atoms with E-state index in [1.165, 1.54) is 0 Å². The molecule has 0 bridgehead atoms. The predicted octanol–water partition coefficient (Wildman–Crippen LogP) is 0.674. The maximum absolute atomic E-state index is 12.1. The van der Waals surface area contributed by atoms with Crippen LogP contribution in [-0.2, 0) is 16.1 Å². The van der Waals surface area contributed by atoms with Gasteiger partial charge in [0, 0.05) is 37.3 Å². The van der Waals surface area contributed by atoms with Gasteiger partial charge in [0.2, 0.25) is 11.8 Å². The smallest absolute Gasteiger partial charge is 0.225 e. The van der Waals surface area contributed by atoms with E-state index in [1.54, 1.807) is 12.4 Å². The Bertz CT molecular complexity index is 473. The number of nitrogens with zero attached hydrogens (tertiary/aromatic N) is 2. The molecule has 2 N–H and O–H groups in total. The summed E-state index contributed by atoms with van der Waals surface area (Å²) >= 11 is 0. The molecule has 108 valence electrons. The first-order valence-electron chi connectivity index (χ1n) is 7.29. The fraction of sp³-hybridized carbons (Fsp3) is 0.643. The van der Waals surface area contributed by atoms with Crippen LogP contribution >= 0.6 is 0 Å². The van der Waals surface area contributed by atoms with Crippen LogP contribution in [0.4, 0.5) is 0 Å². The molecule has 1 aromatic heterocycles. The van der Waals surface area contributed by atoms with Gasteiger partial charge in [0.05, 0.1) is 6.54 Å². The second kappa shape index (κ2) is 5.64. The lowest BCUT2D eigenvalue weighted by Crippen LogP contribution is -2.43. The van der Waals surface area contributed by atoms with Crippen molar-refractivity contribution >= 4 is 11.8 Å². The molecule has 0 atom stereocenters. The molecule has 2 fully saturated rings. The zero-order valence-corrected chi connectivity index (χ0v) is 11.5. The first kappa shape index (κ1) is 13.1. The molecule has 1 saturated heterocycles. The lowest BCUT2D eigenvalue weighted by Gasteiger charge is -2.31. The quantitative estimate of drug-likeness (QED) is 0.848. The molecule has 6 heteroatoms. The number of aromatic nitrogens is 2. The fourth-order valence-corrected chi connectivity index (χ4v) is 2.66. The molecular weight excluding hydrogens is 256 g/mol. The van der Waals surface area contributed by atoms with E-state index in [0.717, 1.165) is 31.5 Å². The third-order valence-electron chi connectivity index (χ3n) is 4.09. The topological polar surface area (TPSA) is 78.1 Å². The van der Waals surface area contributed by atoms with E-state index in [-0.39, 0.29) is 17.7 Å². The summed E-state index contributed by atoms with van der Waals surface area (Å²) in [7, 11) is 0. The molecule has 20 heavy (non-hydrogen) atoms. The first-order valence-corrected chi connectivity index (χ1v) is 7.29. The van der Waals surface area contributed by atoms with E-state index in [2.05, 4.69) is 15.3 Å². The number of aromatic amines is 1. The number of hydrogen-bond acceptors (Lipinski definition) is 3. The molecular formula is C14H20N4O2.